The van der Waals surface area contributed by atoms with Crippen LogP contribution in [-0.2, 0) is 13.5 Å². The molecule has 3 heterocycles. The number of aromatic nitrogens is 3. The Hall–Kier alpha value is -3.71. The lowest BCUT2D eigenvalue weighted by Crippen LogP contribution is -2.63. The average Bonchev–Trinajstić information content (AvgIpc) is 3.23. The van der Waals surface area contributed by atoms with E-state index in [1.807, 2.05) is 60.4 Å². The van der Waals surface area contributed by atoms with Gasteiger partial charge in [-0.3, -0.25) is 19.4 Å². The third kappa shape index (κ3) is 4.15. The van der Waals surface area contributed by atoms with Gasteiger partial charge in [-0.25, -0.2) is 0 Å². The Morgan fingerprint density at radius 1 is 1.12 bits per heavy atom. The molecular weight excluding hydrogens is 426 g/mol. The van der Waals surface area contributed by atoms with E-state index in [0.717, 1.165) is 52.0 Å². The van der Waals surface area contributed by atoms with E-state index < -0.39 is 0 Å². The number of aryl methyl sites for hydroxylation is 2. The van der Waals surface area contributed by atoms with Crippen molar-refractivity contribution in [2.24, 2.45) is 7.05 Å². The second kappa shape index (κ2) is 8.91. The standard InChI is InChI=1S/C27H29N5O2/c1-5-18-12-19(7-9-23(18)27(33)30-25-16-31(3)17(25)2)24-13-22(10-11-28-24)34-21-8-6-20-15-29-32(4)26(20)14-21/h6-15,17,25H,5,16H2,1-4H3,(H,30,33)/t17-,25+/m1/s1. The minimum absolute atomic E-state index is 0.0102. The molecule has 2 aromatic carbocycles. The van der Waals surface area contributed by atoms with Gasteiger partial charge in [-0.1, -0.05) is 13.0 Å². The number of fused-ring (bicyclic) bond motifs is 1. The van der Waals surface area contributed by atoms with Crippen LogP contribution in [-0.4, -0.2) is 51.2 Å². The highest BCUT2D eigenvalue weighted by molar-refractivity contribution is 5.96. The van der Waals surface area contributed by atoms with Crippen LogP contribution in [0.3, 0.4) is 0 Å². The molecule has 0 bridgehead atoms. The fraction of sp³-hybridized carbons (Fsp3) is 0.296. The van der Waals surface area contributed by atoms with Crippen molar-refractivity contribution in [2.45, 2.75) is 32.4 Å². The Balaban J connectivity index is 1.36. The predicted molar refractivity (Wildman–Crippen MR) is 133 cm³/mol. The van der Waals surface area contributed by atoms with Crippen molar-refractivity contribution in [1.82, 2.24) is 25.0 Å². The topological polar surface area (TPSA) is 72.3 Å². The summed E-state index contributed by atoms with van der Waals surface area (Å²) < 4.78 is 7.95. The van der Waals surface area contributed by atoms with E-state index in [1.165, 1.54) is 0 Å². The molecule has 1 aliphatic rings. The smallest absolute Gasteiger partial charge is 0.251 e. The SMILES string of the molecule is CCc1cc(-c2cc(Oc3ccc4cnn(C)c4c3)ccn2)ccc1C(=O)N[C@H]1CN(C)[C@@H]1C. The van der Waals surface area contributed by atoms with E-state index in [-0.39, 0.29) is 11.9 Å². The van der Waals surface area contributed by atoms with Crippen molar-refractivity contribution < 1.29 is 9.53 Å². The zero-order chi connectivity index (χ0) is 23.8. The van der Waals surface area contributed by atoms with Crippen molar-refractivity contribution >= 4 is 16.8 Å². The first kappa shape index (κ1) is 22.1. The van der Waals surface area contributed by atoms with Crippen LogP contribution in [0.1, 0.15) is 29.8 Å². The van der Waals surface area contributed by atoms with Gasteiger partial charge >= 0.3 is 0 Å². The van der Waals surface area contributed by atoms with Crippen LogP contribution in [0, 0.1) is 0 Å². The Labute approximate surface area is 199 Å². The Morgan fingerprint density at radius 2 is 1.94 bits per heavy atom. The number of carbonyl (C=O) groups excluding carboxylic acids is 1. The Bertz CT molecular complexity index is 1360. The van der Waals surface area contributed by atoms with Gasteiger partial charge < -0.3 is 10.1 Å². The molecule has 1 saturated heterocycles. The van der Waals surface area contributed by atoms with Gasteiger partial charge in [0.1, 0.15) is 11.5 Å². The lowest BCUT2D eigenvalue weighted by atomic mass is 9.96. The summed E-state index contributed by atoms with van der Waals surface area (Å²) in [5.74, 6) is 1.43. The molecule has 0 spiro atoms. The zero-order valence-corrected chi connectivity index (χ0v) is 19.9. The minimum atomic E-state index is -0.0102. The maximum absolute atomic E-state index is 12.9. The molecular formula is C27H29N5O2. The van der Waals surface area contributed by atoms with Crippen molar-refractivity contribution in [3.05, 3.63) is 72.1 Å². The molecule has 1 N–H and O–H groups in total. The molecule has 0 radical (unpaired) electrons. The number of carbonyl (C=O) groups is 1. The normalized spacial score (nSPS) is 18.0. The van der Waals surface area contributed by atoms with E-state index in [4.69, 9.17) is 4.74 Å². The summed E-state index contributed by atoms with van der Waals surface area (Å²) in [7, 11) is 3.98. The van der Waals surface area contributed by atoms with E-state index in [0.29, 0.717) is 11.8 Å². The zero-order valence-electron chi connectivity index (χ0n) is 19.9. The predicted octanol–water partition coefficient (Wildman–Crippen LogP) is 4.42. The molecule has 174 valence electrons. The lowest BCUT2D eigenvalue weighted by Gasteiger charge is -2.44. The molecule has 2 aromatic heterocycles. The third-order valence-corrected chi connectivity index (χ3v) is 6.79. The summed E-state index contributed by atoms with van der Waals surface area (Å²) in [6.45, 7) is 5.09. The van der Waals surface area contributed by atoms with E-state index in [1.54, 1.807) is 6.20 Å². The maximum atomic E-state index is 12.9. The number of nitrogens with one attached hydrogen (secondary N) is 1. The number of hydrogen-bond donors (Lipinski definition) is 1. The summed E-state index contributed by atoms with van der Waals surface area (Å²) >= 11 is 0. The van der Waals surface area contributed by atoms with E-state index in [9.17, 15) is 4.79 Å². The summed E-state index contributed by atoms with van der Waals surface area (Å²) in [6, 6.07) is 16.2. The van der Waals surface area contributed by atoms with Crippen LogP contribution in [0.5, 0.6) is 11.5 Å². The van der Waals surface area contributed by atoms with E-state index in [2.05, 4.69) is 47.3 Å². The number of likely N-dealkylation sites (N-methyl/N-ethyl adjacent to an activating group) is 1. The molecule has 7 nitrogen and oxygen atoms in total. The number of nitrogens with zero attached hydrogens (tertiary/aromatic N) is 4. The highest BCUT2D eigenvalue weighted by Gasteiger charge is 2.33. The van der Waals surface area contributed by atoms with Gasteiger partial charge in [-0.05, 0) is 56.3 Å². The van der Waals surface area contributed by atoms with Gasteiger partial charge in [0.25, 0.3) is 5.91 Å². The summed E-state index contributed by atoms with van der Waals surface area (Å²) in [5, 5.41) is 8.53. The molecule has 1 aliphatic heterocycles. The largest absolute Gasteiger partial charge is 0.457 e. The first-order valence-electron chi connectivity index (χ1n) is 11.6. The number of pyridine rings is 1. The summed E-state index contributed by atoms with van der Waals surface area (Å²) in [4.78, 5) is 19.7. The second-order valence-electron chi connectivity index (χ2n) is 8.95. The van der Waals surface area contributed by atoms with Crippen molar-refractivity contribution in [2.75, 3.05) is 13.6 Å². The number of rotatable bonds is 6. The summed E-state index contributed by atoms with van der Waals surface area (Å²) in [5.41, 5.74) is 4.50. The quantitative estimate of drug-likeness (QED) is 0.466. The summed E-state index contributed by atoms with van der Waals surface area (Å²) in [6.07, 6.45) is 4.34. The first-order valence-corrected chi connectivity index (χ1v) is 11.6. The monoisotopic (exact) mass is 455 g/mol. The number of hydrogen-bond acceptors (Lipinski definition) is 5. The minimum Gasteiger partial charge on any atom is -0.457 e. The molecule has 5 rings (SSSR count). The fourth-order valence-corrected chi connectivity index (χ4v) is 4.43. The molecule has 7 heteroatoms. The van der Waals surface area contributed by atoms with Gasteiger partial charge in [-0.15, -0.1) is 0 Å². The molecule has 1 amide bonds. The van der Waals surface area contributed by atoms with Crippen molar-refractivity contribution in [3.63, 3.8) is 0 Å². The Kier molecular flexibility index (Phi) is 5.79. The van der Waals surface area contributed by atoms with Gasteiger partial charge in [-0.2, -0.15) is 5.10 Å². The van der Waals surface area contributed by atoms with Crippen molar-refractivity contribution in [3.8, 4) is 22.8 Å². The first-order chi connectivity index (χ1) is 16.4. The van der Waals surface area contributed by atoms with Gasteiger partial charge in [0.2, 0.25) is 0 Å². The van der Waals surface area contributed by atoms with Gasteiger partial charge in [0, 0.05) is 54.5 Å². The molecule has 34 heavy (non-hydrogen) atoms. The van der Waals surface area contributed by atoms with Gasteiger partial charge in [0.05, 0.1) is 23.4 Å². The highest BCUT2D eigenvalue weighted by Crippen LogP contribution is 2.29. The second-order valence-corrected chi connectivity index (χ2v) is 8.95. The van der Waals surface area contributed by atoms with Crippen LogP contribution < -0.4 is 10.1 Å². The number of amides is 1. The molecule has 2 atom stereocenters. The van der Waals surface area contributed by atoms with Crippen LogP contribution in [0.2, 0.25) is 0 Å². The maximum Gasteiger partial charge on any atom is 0.251 e. The number of benzene rings is 2. The fourth-order valence-electron chi connectivity index (χ4n) is 4.43. The molecule has 4 aromatic rings. The van der Waals surface area contributed by atoms with Crippen LogP contribution in [0.25, 0.3) is 22.2 Å². The Morgan fingerprint density at radius 3 is 2.71 bits per heavy atom. The number of ether oxygens (including phenoxy) is 1. The highest BCUT2D eigenvalue weighted by atomic mass is 16.5. The van der Waals surface area contributed by atoms with Crippen LogP contribution in [0.4, 0.5) is 0 Å². The molecule has 0 aliphatic carbocycles. The van der Waals surface area contributed by atoms with Crippen molar-refractivity contribution in [1.29, 1.82) is 0 Å². The van der Waals surface area contributed by atoms with Crippen LogP contribution in [0.15, 0.2) is 60.9 Å². The molecule has 0 unspecified atom stereocenters. The molecule has 0 saturated carbocycles. The molecule has 1 fully saturated rings. The van der Waals surface area contributed by atoms with Crippen LogP contribution >= 0.6 is 0 Å². The lowest BCUT2D eigenvalue weighted by molar-refractivity contribution is 0.0661. The third-order valence-electron chi connectivity index (χ3n) is 6.79. The van der Waals surface area contributed by atoms with E-state index >= 15 is 0 Å². The van der Waals surface area contributed by atoms with Gasteiger partial charge in [0.15, 0.2) is 0 Å². The average molecular weight is 456 g/mol. The number of likely N-dealkylation sites (tertiary alicyclic amines) is 1.